The van der Waals surface area contributed by atoms with Gasteiger partial charge in [-0.05, 0) is 13.0 Å². The number of carbonyl (C=O) groups is 1. The first kappa shape index (κ1) is 19.4. The molecule has 0 fully saturated rings. The molecule has 0 saturated carbocycles. The number of nitrogens with zero attached hydrogens (tertiary/aromatic N) is 1. The lowest BCUT2D eigenvalue weighted by molar-refractivity contribution is -0.141. The standard InChI is InChI=1S/C16H33NO3/c1-4-5-6-7-8-9-10-12-17(14-15-19-2)13-11-16(18)20-3/h4-15H2,1-3H3. The second-order valence-corrected chi connectivity index (χ2v) is 5.28. The van der Waals surface area contributed by atoms with Crippen molar-refractivity contribution >= 4 is 5.97 Å². The summed E-state index contributed by atoms with van der Waals surface area (Å²) in [6.07, 6.45) is 9.67. The number of hydrogen-bond donors (Lipinski definition) is 0. The van der Waals surface area contributed by atoms with E-state index in [-0.39, 0.29) is 5.97 Å². The zero-order valence-electron chi connectivity index (χ0n) is 13.7. The van der Waals surface area contributed by atoms with E-state index >= 15 is 0 Å². The van der Waals surface area contributed by atoms with Gasteiger partial charge in [-0.1, -0.05) is 45.4 Å². The molecule has 0 bridgehead atoms. The van der Waals surface area contributed by atoms with Gasteiger partial charge in [0.05, 0.1) is 20.1 Å². The molecule has 20 heavy (non-hydrogen) atoms. The van der Waals surface area contributed by atoms with Gasteiger partial charge in [0.2, 0.25) is 0 Å². The van der Waals surface area contributed by atoms with Crippen LogP contribution in [0.3, 0.4) is 0 Å². The summed E-state index contributed by atoms with van der Waals surface area (Å²) in [6.45, 7) is 5.68. The molecule has 0 aliphatic carbocycles. The lowest BCUT2D eigenvalue weighted by Gasteiger charge is -2.21. The molecule has 0 unspecified atom stereocenters. The van der Waals surface area contributed by atoms with Crippen LogP contribution < -0.4 is 0 Å². The Kier molecular flexibility index (Phi) is 14.3. The zero-order valence-corrected chi connectivity index (χ0v) is 13.7. The third-order valence-electron chi connectivity index (χ3n) is 3.55. The summed E-state index contributed by atoms with van der Waals surface area (Å²) in [7, 11) is 3.16. The Morgan fingerprint density at radius 3 is 2.15 bits per heavy atom. The van der Waals surface area contributed by atoms with Gasteiger partial charge in [0.25, 0.3) is 0 Å². The number of methoxy groups -OCH3 is 2. The largest absolute Gasteiger partial charge is 0.469 e. The van der Waals surface area contributed by atoms with E-state index in [0.717, 1.165) is 26.2 Å². The molecule has 0 saturated heterocycles. The number of unbranched alkanes of at least 4 members (excludes halogenated alkanes) is 6. The smallest absolute Gasteiger partial charge is 0.306 e. The van der Waals surface area contributed by atoms with E-state index in [1.54, 1.807) is 7.11 Å². The Balaban J connectivity index is 3.66. The normalized spacial score (nSPS) is 11.0. The van der Waals surface area contributed by atoms with Crippen molar-refractivity contribution in [1.29, 1.82) is 0 Å². The third kappa shape index (κ3) is 12.4. The second-order valence-electron chi connectivity index (χ2n) is 5.28. The zero-order chi connectivity index (χ0) is 15.1. The summed E-state index contributed by atoms with van der Waals surface area (Å²) in [4.78, 5) is 13.5. The van der Waals surface area contributed by atoms with Crippen molar-refractivity contribution in [1.82, 2.24) is 4.90 Å². The summed E-state index contributed by atoms with van der Waals surface area (Å²) in [6, 6.07) is 0. The highest BCUT2D eigenvalue weighted by Gasteiger charge is 2.08. The lowest BCUT2D eigenvalue weighted by Crippen LogP contribution is -2.31. The number of hydrogen-bond acceptors (Lipinski definition) is 4. The van der Waals surface area contributed by atoms with Gasteiger partial charge in [-0.2, -0.15) is 0 Å². The molecule has 0 amide bonds. The summed E-state index contributed by atoms with van der Waals surface area (Å²) >= 11 is 0. The first-order valence-electron chi connectivity index (χ1n) is 8.02. The van der Waals surface area contributed by atoms with E-state index in [1.165, 1.54) is 52.1 Å². The van der Waals surface area contributed by atoms with Gasteiger partial charge in [-0.25, -0.2) is 0 Å². The van der Waals surface area contributed by atoms with Crippen LogP contribution >= 0.6 is 0 Å². The Labute approximate surface area is 124 Å². The molecule has 0 spiro atoms. The van der Waals surface area contributed by atoms with Crippen molar-refractivity contribution in [2.45, 2.75) is 58.3 Å². The van der Waals surface area contributed by atoms with E-state index in [9.17, 15) is 4.79 Å². The Bertz CT molecular complexity index is 222. The molecule has 0 aliphatic heterocycles. The van der Waals surface area contributed by atoms with Gasteiger partial charge in [0.1, 0.15) is 0 Å². The maximum absolute atomic E-state index is 11.2. The highest BCUT2D eigenvalue weighted by molar-refractivity contribution is 5.69. The minimum atomic E-state index is -0.132. The van der Waals surface area contributed by atoms with Crippen LogP contribution in [0, 0.1) is 0 Å². The van der Waals surface area contributed by atoms with Gasteiger partial charge in [-0.3, -0.25) is 4.79 Å². The molecule has 0 aliphatic rings. The molecule has 120 valence electrons. The highest BCUT2D eigenvalue weighted by Crippen LogP contribution is 2.08. The number of carbonyl (C=O) groups excluding carboxylic acids is 1. The van der Waals surface area contributed by atoms with Crippen molar-refractivity contribution < 1.29 is 14.3 Å². The fraction of sp³-hybridized carbons (Fsp3) is 0.938. The minimum Gasteiger partial charge on any atom is -0.469 e. The van der Waals surface area contributed by atoms with E-state index in [2.05, 4.69) is 16.6 Å². The van der Waals surface area contributed by atoms with Gasteiger partial charge < -0.3 is 14.4 Å². The molecule has 0 N–H and O–H groups in total. The predicted molar refractivity (Wildman–Crippen MR) is 82.9 cm³/mol. The molecular formula is C16H33NO3. The number of ether oxygens (including phenoxy) is 2. The van der Waals surface area contributed by atoms with Gasteiger partial charge in [0, 0.05) is 20.2 Å². The Hall–Kier alpha value is -0.610. The molecule has 4 nitrogen and oxygen atoms in total. The summed E-state index contributed by atoms with van der Waals surface area (Å²) in [5, 5.41) is 0. The van der Waals surface area contributed by atoms with Gasteiger partial charge in [-0.15, -0.1) is 0 Å². The summed E-state index contributed by atoms with van der Waals surface area (Å²) < 4.78 is 9.81. The van der Waals surface area contributed by atoms with Gasteiger partial charge in [0.15, 0.2) is 0 Å². The maximum atomic E-state index is 11.2. The van der Waals surface area contributed by atoms with E-state index in [0.29, 0.717) is 6.42 Å². The van der Waals surface area contributed by atoms with Crippen LogP contribution in [0.15, 0.2) is 0 Å². The average molecular weight is 287 g/mol. The van der Waals surface area contributed by atoms with Crippen LogP contribution in [0.5, 0.6) is 0 Å². The molecule has 0 atom stereocenters. The predicted octanol–water partition coefficient (Wildman–Crippen LogP) is 3.25. The highest BCUT2D eigenvalue weighted by atomic mass is 16.5. The molecule has 0 heterocycles. The SMILES string of the molecule is CCCCCCCCCN(CCOC)CCC(=O)OC. The van der Waals surface area contributed by atoms with Crippen LogP contribution in [-0.4, -0.2) is 51.3 Å². The fourth-order valence-electron chi connectivity index (χ4n) is 2.20. The van der Waals surface area contributed by atoms with E-state index in [4.69, 9.17) is 4.74 Å². The van der Waals surface area contributed by atoms with E-state index < -0.39 is 0 Å². The molecule has 0 rings (SSSR count). The average Bonchev–Trinajstić information content (AvgIpc) is 2.47. The van der Waals surface area contributed by atoms with Crippen molar-refractivity contribution in [3.05, 3.63) is 0 Å². The van der Waals surface area contributed by atoms with Crippen molar-refractivity contribution in [2.24, 2.45) is 0 Å². The third-order valence-corrected chi connectivity index (χ3v) is 3.55. The van der Waals surface area contributed by atoms with Crippen LogP contribution in [0.25, 0.3) is 0 Å². The second kappa shape index (κ2) is 14.8. The molecule has 0 aromatic rings. The van der Waals surface area contributed by atoms with Crippen LogP contribution in [0.1, 0.15) is 58.3 Å². The van der Waals surface area contributed by atoms with Crippen molar-refractivity contribution in [3.8, 4) is 0 Å². The first-order chi connectivity index (χ1) is 9.74. The maximum Gasteiger partial charge on any atom is 0.306 e. The molecule has 0 radical (unpaired) electrons. The van der Waals surface area contributed by atoms with Crippen LogP contribution in [-0.2, 0) is 14.3 Å². The number of esters is 1. The van der Waals surface area contributed by atoms with Gasteiger partial charge >= 0.3 is 5.97 Å². The minimum absolute atomic E-state index is 0.132. The Morgan fingerprint density at radius 1 is 0.900 bits per heavy atom. The van der Waals surface area contributed by atoms with Crippen molar-refractivity contribution in [2.75, 3.05) is 40.5 Å². The molecule has 0 aromatic heterocycles. The Morgan fingerprint density at radius 2 is 1.55 bits per heavy atom. The van der Waals surface area contributed by atoms with Crippen LogP contribution in [0.2, 0.25) is 0 Å². The topological polar surface area (TPSA) is 38.8 Å². The molecular weight excluding hydrogens is 254 g/mol. The van der Waals surface area contributed by atoms with Crippen LogP contribution in [0.4, 0.5) is 0 Å². The summed E-state index contributed by atoms with van der Waals surface area (Å²) in [5.74, 6) is -0.132. The quantitative estimate of drug-likeness (QED) is 0.363. The number of rotatable bonds is 14. The summed E-state index contributed by atoms with van der Waals surface area (Å²) in [5.41, 5.74) is 0. The first-order valence-corrected chi connectivity index (χ1v) is 8.02. The van der Waals surface area contributed by atoms with E-state index in [1.807, 2.05) is 0 Å². The monoisotopic (exact) mass is 287 g/mol. The molecule has 4 heteroatoms. The van der Waals surface area contributed by atoms with Crippen molar-refractivity contribution in [3.63, 3.8) is 0 Å². The molecule has 0 aromatic carbocycles. The lowest BCUT2D eigenvalue weighted by atomic mass is 10.1. The fourth-order valence-corrected chi connectivity index (χ4v) is 2.20.